The lowest BCUT2D eigenvalue weighted by molar-refractivity contribution is 0.0131. The summed E-state index contributed by atoms with van der Waals surface area (Å²) >= 11 is 0. The quantitative estimate of drug-likeness (QED) is 0.894. The minimum atomic E-state index is -0.357. The molecule has 0 heterocycles. The summed E-state index contributed by atoms with van der Waals surface area (Å²) < 4.78 is 0. The van der Waals surface area contributed by atoms with E-state index in [0.29, 0.717) is 6.04 Å². The SMILES string of the molecule is CCN(C(C)CN(C)C)C1CCc2ccccc2C1O. The fourth-order valence-electron chi connectivity index (χ4n) is 3.57. The van der Waals surface area contributed by atoms with Gasteiger partial charge in [-0.3, -0.25) is 4.90 Å². The van der Waals surface area contributed by atoms with E-state index < -0.39 is 0 Å². The van der Waals surface area contributed by atoms with Gasteiger partial charge in [0.1, 0.15) is 0 Å². The number of aliphatic hydroxyl groups excluding tert-OH is 1. The summed E-state index contributed by atoms with van der Waals surface area (Å²) in [7, 11) is 4.22. The second kappa shape index (κ2) is 6.70. The second-order valence-corrected chi connectivity index (χ2v) is 6.19. The smallest absolute Gasteiger partial charge is 0.0948 e. The van der Waals surface area contributed by atoms with Gasteiger partial charge in [-0.05, 0) is 51.5 Å². The van der Waals surface area contributed by atoms with Crippen LogP contribution in [0.15, 0.2) is 24.3 Å². The van der Waals surface area contributed by atoms with Crippen LogP contribution in [-0.4, -0.2) is 54.2 Å². The first-order valence-electron chi connectivity index (χ1n) is 7.71. The van der Waals surface area contributed by atoms with E-state index in [0.717, 1.165) is 31.5 Å². The molecule has 3 nitrogen and oxygen atoms in total. The molecule has 1 aliphatic carbocycles. The molecule has 0 bridgehead atoms. The van der Waals surface area contributed by atoms with Gasteiger partial charge in [0, 0.05) is 18.6 Å². The summed E-state index contributed by atoms with van der Waals surface area (Å²) in [5.74, 6) is 0. The molecule has 20 heavy (non-hydrogen) atoms. The third-order valence-electron chi connectivity index (χ3n) is 4.43. The number of hydrogen-bond donors (Lipinski definition) is 1. The molecule has 0 aliphatic heterocycles. The Morgan fingerprint density at radius 3 is 2.65 bits per heavy atom. The molecule has 2 rings (SSSR count). The number of aryl methyl sites for hydroxylation is 1. The van der Waals surface area contributed by atoms with Crippen molar-refractivity contribution in [3.05, 3.63) is 35.4 Å². The van der Waals surface area contributed by atoms with Crippen molar-refractivity contribution in [2.24, 2.45) is 0 Å². The highest BCUT2D eigenvalue weighted by Gasteiger charge is 2.33. The van der Waals surface area contributed by atoms with Crippen molar-refractivity contribution in [1.29, 1.82) is 0 Å². The Bertz CT molecular complexity index is 433. The highest BCUT2D eigenvalue weighted by Crippen LogP contribution is 2.33. The van der Waals surface area contributed by atoms with Crippen LogP contribution in [0, 0.1) is 0 Å². The predicted molar refractivity (Wildman–Crippen MR) is 83.9 cm³/mol. The van der Waals surface area contributed by atoms with E-state index in [1.807, 2.05) is 6.07 Å². The summed E-state index contributed by atoms with van der Waals surface area (Å²) in [6.07, 6.45) is 1.76. The van der Waals surface area contributed by atoms with Crippen LogP contribution in [0.1, 0.15) is 37.5 Å². The number of benzene rings is 1. The fraction of sp³-hybridized carbons (Fsp3) is 0.647. The highest BCUT2D eigenvalue weighted by atomic mass is 16.3. The molecule has 0 amide bonds. The van der Waals surface area contributed by atoms with E-state index in [1.54, 1.807) is 0 Å². The van der Waals surface area contributed by atoms with Crippen molar-refractivity contribution in [1.82, 2.24) is 9.80 Å². The Hall–Kier alpha value is -0.900. The first-order valence-corrected chi connectivity index (χ1v) is 7.71. The molecule has 0 spiro atoms. The van der Waals surface area contributed by atoms with Crippen molar-refractivity contribution in [3.8, 4) is 0 Å². The zero-order valence-electron chi connectivity index (χ0n) is 13.2. The van der Waals surface area contributed by atoms with Crippen molar-refractivity contribution < 1.29 is 5.11 Å². The standard InChI is InChI=1S/C17H28N2O/c1-5-19(13(2)12-18(3)4)16-11-10-14-8-6-7-9-15(14)17(16)20/h6-9,13,16-17,20H,5,10-12H2,1-4H3. The van der Waals surface area contributed by atoms with Crippen LogP contribution in [0.3, 0.4) is 0 Å². The van der Waals surface area contributed by atoms with Gasteiger partial charge in [0.15, 0.2) is 0 Å². The van der Waals surface area contributed by atoms with Gasteiger partial charge in [-0.15, -0.1) is 0 Å². The maximum atomic E-state index is 10.8. The van der Waals surface area contributed by atoms with Crippen LogP contribution in [0.4, 0.5) is 0 Å². The molecular formula is C17H28N2O. The molecule has 1 aromatic carbocycles. The average molecular weight is 276 g/mol. The number of aliphatic hydroxyl groups is 1. The predicted octanol–water partition coefficient (Wildman–Crippen LogP) is 2.31. The van der Waals surface area contributed by atoms with E-state index in [9.17, 15) is 5.11 Å². The maximum Gasteiger partial charge on any atom is 0.0948 e. The minimum absolute atomic E-state index is 0.241. The van der Waals surface area contributed by atoms with E-state index in [4.69, 9.17) is 0 Å². The third-order valence-corrected chi connectivity index (χ3v) is 4.43. The lowest BCUT2D eigenvalue weighted by Gasteiger charge is -2.42. The Morgan fingerprint density at radius 2 is 2.00 bits per heavy atom. The molecule has 0 saturated carbocycles. The van der Waals surface area contributed by atoms with Gasteiger partial charge in [0.05, 0.1) is 6.10 Å². The Kier molecular flexibility index (Phi) is 5.19. The van der Waals surface area contributed by atoms with Gasteiger partial charge in [-0.25, -0.2) is 0 Å². The van der Waals surface area contributed by atoms with Crippen LogP contribution in [0.2, 0.25) is 0 Å². The molecular weight excluding hydrogens is 248 g/mol. The van der Waals surface area contributed by atoms with E-state index in [1.165, 1.54) is 5.56 Å². The molecule has 1 N–H and O–H groups in total. The topological polar surface area (TPSA) is 26.7 Å². The van der Waals surface area contributed by atoms with Crippen LogP contribution >= 0.6 is 0 Å². The monoisotopic (exact) mass is 276 g/mol. The third kappa shape index (κ3) is 3.22. The lowest BCUT2D eigenvalue weighted by Crippen LogP contribution is -2.49. The fourth-order valence-corrected chi connectivity index (χ4v) is 3.57. The summed E-state index contributed by atoms with van der Waals surface area (Å²) in [6, 6.07) is 9.03. The first-order chi connectivity index (χ1) is 9.54. The van der Waals surface area contributed by atoms with Gasteiger partial charge in [0.2, 0.25) is 0 Å². The molecule has 0 saturated heterocycles. The molecule has 1 aliphatic rings. The van der Waals surface area contributed by atoms with Gasteiger partial charge in [-0.1, -0.05) is 31.2 Å². The van der Waals surface area contributed by atoms with Crippen molar-refractivity contribution in [3.63, 3.8) is 0 Å². The highest BCUT2D eigenvalue weighted by molar-refractivity contribution is 5.32. The van der Waals surface area contributed by atoms with Crippen molar-refractivity contribution in [2.45, 2.75) is 44.9 Å². The second-order valence-electron chi connectivity index (χ2n) is 6.19. The first kappa shape index (κ1) is 15.5. The normalized spacial score (nSPS) is 23.9. The minimum Gasteiger partial charge on any atom is -0.387 e. The van der Waals surface area contributed by atoms with Crippen molar-refractivity contribution >= 4 is 0 Å². The summed E-state index contributed by atoms with van der Waals surface area (Å²) in [6.45, 7) is 6.47. The molecule has 112 valence electrons. The average Bonchev–Trinajstić information content (AvgIpc) is 2.41. The van der Waals surface area contributed by atoms with Crippen molar-refractivity contribution in [2.75, 3.05) is 27.2 Å². The Labute approximate surface area is 123 Å². The van der Waals surface area contributed by atoms with Crippen LogP contribution in [0.5, 0.6) is 0 Å². The zero-order valence-corrected chi connectivity index (χ0v) is 13.2. The summed E-state index contributed by atoms with van der Waals surface area (Å²) in [5, 5.41) is 10.8. The Balaban J connectivity index is 2.16. The van der Waals surface area contributed by atoms with Gasteiger partial charge < -0.3 is 10.0 Å². The molecule has 3 heteroatoms. The molecule has 0 fully saturated rings. The number of fused-ring (bicyclic) bond motifs is 1. The van der Waals surface area contributed by atoms with Gasteiger partial charge in [-0.2, -0.15) is 0 Å². The van der Waals surface area contributed by atoms with Crippen LogP contribution in [-0.2, 0) is 6.42 Å². The summed E-state index contributed by atoms with van der Waals surface area (Å²) in [4.78, 5) is 4.68. The molecule has 3 atom stereocenters. The van der Waals surface area contributed by atoms with Crippen LogP contribution < -0.4 is 0 Å². The largest absolute Gasteiger partial charge is 0.387 e. The number of likely N-dealkylation sites (N-methyl/N-ethyl adjacent to an activating group) is 2. The zero-order chi connectivity index (χ0) is 14.7. The maximum absolute atomic E-state index is 10.8. The lowest BCUT2D eigenvalue weighted by atomic mass is 9.84. The van der Waals surface area contributed by atoms with E-state index >= 15 is 0 Å². The van der Waals surface area contributed by atoms with Crippen LogP contribution in [0.25, 0.3) is 0 Å². The van der Waals surface area contributed by atoms with Gasteiger partial charge >= 0.3 is 0 Å². The molecule has 1 aromatic rings. The molecule has 3 unspecified atom stereocenters. The number of rotatable bonds is 5. The molecule has 0 radical (unpaired) electrons. The van der Waals surface area contributed by atoms with E-state index in [-0.39, 0.29) is 12.1 Å². The van der Waals surface area contributed by atoms with Gasteiger partial charge in [0.25, 0.3) is 0 Å². The van der Waals surface area contributed by atoms with E-state index in [2.05, 4.69) is 55.9 Å². The summed E-state index contributed by atoms with van der Waals surface area (Å²) in [5.41, 5.74) is 2.44. The number of hydrogen-bond acceptors (Lipinski definition) is 3. The number of nitrogens with zero attached hydrogens (tertiary/aromatic N) is 2. The molecule has 0 aromatic heterocycles. The Morgan fingerprint density at radius 1 is 1.30 bits per heavy atom.